The highest BCUT2D eigenvalue weighted by molar-refractivity contribution is 5.93. The highest BCUT2D eigenvalue weighted by Crippen LogP contribution is 2.34. The molecule has 0 spiro atoms. The van der Waals surface area contributed by atoms with Gasteiger partial charge in [-0.3, -0.25) is 14.8 Å². The van der Waals surface area contributed by atoms with Gasteiger partial charge in [0.15, 0.2) is 5.78 Å². The van der Waals surface area contributed by atoms with Crippen LogP contribution >= 0.6 is 0 Å². The number of ketones is 1. The molecule has 2 aromatic heterocycles. The predicted molar refractivity (Wildman–Crippen MR) is 204 cm³/mol. The van der Waals surface area contributed by atoms with E-state index in [4.69, 9.17) is 5.73 Å². The first-order valence-electron chi connectivity index (χ1n) is 18.0. The number of hydroxylamine groups is 1. The van der Waals surface area contributed by atoms with Crippen molar-refractivity contribution in [2.75, 3.05) is 0 Å². The first kappa shape index (κ1) is 35.6. The topological polar surface area (TPSA) is 113 Å². The molecule has 7 nitrogen and oxygen atoms in total. The Morgan fingerprint density at radius 3 is 2.00 bits per heavy atom. The molecular formula is C44H48N4O3. The van der Waals surface area contributed by atoms with E-state index in [0.29, 0.717) is 31.5 Å². The Hall–Kier alpha value is -5.24. The van der Waals surface area contributed by atoms with Crippen molar-refractivity contribution in [3.8, 4) is 0 Å². The number of nitrogens with one attached hydrogen (secondary N) is 2. The molecule has 0 radical (unpaired) electrons. The summed E-state index contributed by atoms with van der Waals surface area (Å²) in [5.74, 6) is -0.496. The highest BCUT2D eigenvalue weighted by atomic mass is 16.5. The SMILES string of the molecule is CC(=O)c1cc(CCC(=O)NO)c(CCC(N)(c2ccccc2)c2ccccc2)n1Cc1ccccc1CCCCCc1c[nH]c2ccccc12. The molecule has 0 aliphatic heterocycles. The van der Waals surface area contributed by atoms with E-state index in [0.717, 1.165) is 54.5 Å². The van der Waals surface area contributed by atoms with Crippen molar-refractivity contribution >= 4 is 22.6 Å². The van der Waals surface area contributed by atoms with Crippen molar-refractivity contribution in [3.05, 3.63) is 166 Å². The van der Waals surface area contributed by atoms with E-state index in [2.05, 4.69) is 88.5 Å². The minimum atomic E-state index is -0.779. The van der Waals surface area contributed by atoms with E-state index in [9.17, 15) is 14.8 Å². The van der Waals surface area contributed by atoms with Gasteiger partial charge in [0.1, 0.15) is 0 Å². The summed E-state index contributed by atoms with van der Waals surface area (Å²) in [5, 5.41) is 10.5. The van der Waals surface area contributed by atoms with Crippen molar-refractivity contribution in [1.29, 1.82) is 0 Å². The molecule has 0 saturated heterocycles. The van der Waals surface area contributed by atoms with Gasteiger partial charge in [-0.2, -0.15) is 0 Å². The van der Waals surface area contributed by atoms with Gasteiger partial charge in [-0.25, -0.2) is 5.48 Å². The van der Waals surface area contributed by atoms with Crippen LogP contribution in [0.3, 0.4) is 0 Å². The number of rotatable bonds is 17. The quantitative estimate of drug-likeness (QED) is 0.0335. The molecule has 262 valence electrons. The number of para-hydroxylation sites is 1. The lowest BCUT2D eigenvalue weighted by molar-refractivity contribution is -0.129. The van der Waals surface area contributed by atoms with E-state index in [-0.39, 0.29) is 12.2 Å². The Labute approximate surface area is 300 Å². The van der Waals surface area contributed by atoms with Gasteiger partial charge in [0.25, 0.3) is 0 Å². The van der Waals surface area contributed by atoms with Gasteiger partial charge in [0.2, 0.25) is 5.91 Å². The number of hydrogen-bond donors (Lipinski definition) is 4. The zero-order valence-corrected chi connectivity index (χ0v) is 29.4. The first-order valence-corrected chi connectivity index (χ1v) is 18.0. The largest absolute Gasteiger partial charge is 0.361 e. The number of carbonyl (C=O) groups is 2. The predicted octanol–water partition coefficient (Wildman–Crippen LogP) is 8.45. The summed E-state index contributed by atoms with van der Waals surface area (Å²) in [6, 6.07) is 39.2. The molecule has 0 aliphatic rings. The van der Waals surface area contributed by atoms with Crippen LogP contribution in [0.4, 0.5) is 0 Å². The van der Waals surface area contributed by atoms with Crippen molar-refractivity contribution < 1.29 is 14.8 Å². The summed E-state index contributed by atoms with van der Waals surface area (Å²) in [4.78, 5) is 28.8. The Morgan fingerprint density at radius 1 is 0.725 bits per heavy atom. The maximum absolute atomic E-state index is 13.2. The number of amides is 1. The fraction of sp³-hybridized carbons (Fsp3) is 0.273. The van der Waals surface area contributed by atoms with Crippen LogP contribution in [-0.2, 0) is 42.6 Å². The maximum atomic E-state index is 13.2. The first-order chi connectivity index (χ1) is 24.9. The van der Waals surface area contributed by atoms with Gasteiger partial charge in [0.05, 0.1) is 11.2 Å². The fourth-order valence-corrected chi connectivity index (χ4v) is 7.45. The number of benzene rings is 4. The average molecular weight is 681 g/mol. The van der Waals surface area contributed by atoms with Gasteiger partial charge in [-0.05, 0) is 90.5 Å². The number of aromatic amines is 1. The molecule has 0 aliphatic carbocycles. The summed E-state index contributed by atoms with van der Waals surface area (Å²) in [7, 11) is 0. The van der Waals surface area contributed by atoms with E-state index in [1.165, 1.54) is 27.6 Å². The molecule has 51 heavy (non-hydrogen) atoms. The molecule has 2 heterocycles. The number of H-pyrrole nitrogens is 1. The molecule has 6 aromatic rings. The highest BCUT2D eigenvalue weighted by Gasteiger charge is 2.31. The third-order valence-electron chi connectivity index (χ3n) is 10.3. The molecule has 7 heteroatoms. The minimum Gasteiger partial charge on any atom is -0.361 e. The lowest BCUT2D eigenvalue weighted by atomic mass is 9.79. The van der Waals surface area contributed by atoms with Crippen molar-refractivity contribution in [3.63, 3.8) is 0 Å². The normalized spacial score (nSPS) is 11.6. The molecule has 0 atom stereocenters. The Kier molecular flexibility index (Phi) is 11.6. The molecule has 0 bridgehead atoms. The zero-order chi connectivity index (χ0) is 35.6. The Balaban J connectivity index is 1.25. The van der Waals surface area contributed by atoms with Gasteiger partial charge in [-0.15, -0.1) is 0 Å². The molecule has 5 N–H and O–H groups in total. The minimum absolute atomic E-state index is 0.0333. The number of hydrogen-bond acceptors (Lipinski definition) is 4. The summed E-state index contributed by atoms with van der Waals surface area (Å²) in [6.45, 7) is 2.14. The van der Waals surface area contributed by atoms with Crippen LogP contribution in [0.1, 0.15) is 88.6 Å². The van der Waals surface area contributed by atoms with Gasteiger partial charge in [0, 0.05) is 42.7 Å². The van der Waals surface area contributed by atoms with Crippen molar-refractivity contribution in [2.45, 2.75) is 76.8 Å². The third kappa shape index (κ3) is 8.39. The fourth-order valence-electron chi connectivity index (χ4n) is 7.45. The van der Waals surface area contributed by atoms with Crippen LogP contribution in [0, 0.1) is 0 Å². The number of nitrogens with zero attached hydrogens (tertiary/aromatic N) is 1. The van der Waals surface area contributed by atoms with Crippen LogP contribution in [0.15, 0.2) is 121 Å². The maximum Gasteiger partial charge on any atom is 0.243 e. The number of aryl methyl sites for hydroxylation is 3. The second kappa shape index (κ2) is 16.6. The van der Waals surface area contributed by atoms with Crippen LogP contribution in [0.25, 0.3) is 10.9 Å². The average Bonchev–Trinajstić information content (AvgIpc) is 3.74. The molecule has 0 saturated carbocycles. The van der Waals surface area contributed by atoms with E-state index in [1.807, 2.05) is 42.5 Å². The standard InChI is InChI=1S/C44H48N4O3/c1-32(49)42-29-34(25-26-43(50)47-51)41(27-28-44(45,37-19-7-3-8-20-37)38-21-9-4-10-22-38)48(42)31-36-18-12-11-16-33(36)15-5-2-6-17-35-30-46-40-24-14-13-23-39(35)40/h3-4,7-14,16,18-24,29-30,46,51H,2,5-6,15,17,25-28,31,45H2,1H3,(H,47,50). The number of aromatic nitrogens is 2. The van der Waals surface area contributed by atoms with Gasteiger partial charge in [-0.1, -0.05) is 110 Å². The van der Waals surface area contributed by atoms with E-state index >= 15 is 0 Å². The number of nitrogens with two attached hydrogens (primary N) is 1. The second-order valence-corrected chi connectivity index (χ2v) is 13.6. The summed E-state index contributed by atoms with van der Waals surface area (Å²) in [5.41, 5.74) is 17.9. The molecule has 0 unspecified atom stereocenters. The van der Waals surface area contributed by atoms with E-state index in [1.54, 1.807) is 12.4 Å². The number of carbonyl (C=O) groups excluding carboxylic acids is 2. The Bertz CT molecular complexity index is 2020. The second-order valence-electron chi connectivity index (χ2n) is 13.6. The lowest BCUT2D eigenvalue weighted by Crippen LogP contribution is -2.38. The molecule has 0 fully saturated rings. The van der Waals surface area contributed by atoms with Crippen molar-refractivity contribution in [2.24, 2.45) is 5.73 Å². The summed E-state index contributed by atoms with van der Waals surface area (Å²) in [6.07, 6.45) is 9.11. The summed E-state index contributed by atoms with van der Waals surface area (Å²) >= 11 is 0. The molecule has 4 aromatic carbocycles. The lowest BCUT2D eigenvalue weighted by Gasteiger charge is -2.31. The van der Waals surface area contributed by atoms with E-state index < -0.39 is 11.4 Å². The van der Waals surface area contributed by atoms with Crippen molar-refractivity contribution in [1.82, 2.24) is 15.0 Å². The van der Waals surface area contributed by atoms with Crippen LogP contribution in [0.2, 0.25) is 0 Å². The van der Waals surface area contributed by atoms with Gasteiger partial charge >= 0.3 is 0 Å². The number of Topliss-reactive ketones (excluding diaryl/α,β-unsaturated/α-hetero) is 1. The smallest absolute Gasteiger partial charge is 0.243 e. The van der Waals surface area contributed by atoms with Crippen LogP contribution in [0.5, 0.6) is 0 Å². The Morgan fingerprint density at radius 2 is 1.33 bits per heavy atom. The molecular weight excluding hydrogens is 633 g/mol. The summed E-state index contributed by atoms with van der Waals surface area (Å²) < 4.78 is 2.14. The molecule has 1 amide bonds. The number of fused-ring (bicyclic) bond motifs is 1. The van der Waals surface area contributed by atoms with Gasteiger partial charge < -0.3 is 15.3 Å². The van der Waals surface area contributed by atoms with Crippen LogP contribution < -0.4 is 11.2 Å². The third-order valence-corrected chi connectivity index (χ3v) is 10.3. The number of unbranched alkanes of at least 4 members (excludes halogenated alkanes) is 2. The monoisotopic (exact) mass is 680 g/mol. The molecule has 6 rings (SSSR count). The zero-order valence-electron chi connectivity index (χ0n) is 29.4. The van der Waals surface area contributed by atoms with Crippen LogP contribution in [-0.4, -0.2) is 26.4 Å².